The molecule has 7 aromatic carbocycles. The Morgan fingerprint density at radius 2 is 1.12 bits per heavy atom. The third-order valence-corrected chi connectivity index (χ3v) is 10.7. The molecule has 3 heterocycles. The number of para-hydroxylation sites is 2. The second kappa shape index (κ2) is 10.5. The molecule has 0 amide bonds. The van der Waals surface area contributed by atoms with E-state index in [-0.39, 0.29) is 5.92 Å². The van der Waals surface area contributed by atoms with Crippen molar-refractivity contribution in [3.05, 3.63) is 175 Å². The van der Waals surface area contributed by atoms with E-state index < -0.39 is 0 Å². The van der Waals surface area contributed by atoms with Crippen molar-refractivity contribution in [3.63, 3.8) is 0 Å². The number of hydrogen-bond acceptors (Lipinski definition) is 3. The molecule has 1 aliphatic carbocycles. The van der Waals surface area contributed by atoms with Gasteiger partial charge in [-0.25, -0.2) is 9.97 Å². The first kappa shape index (κ1) is 27.4. The summed E-state index contributed by atoms with van der Waals surface area (Å²) in [5, 5.41) is 9.90. The van der Waals surface area contributed by atoms with E-state index in [0.717, 1.165) is 51.2 Å². The van der Waals surface area contributed by atoms with Crippen LogP contribution in [0.25, 0.3) is 76.8 Å². The van der Waals surface area contributed by atoms with Crippen molar-refractivity contribution < 1.29 is 4.74 Å². The summed E-state index contributed by atoms with van der Waals surface area (Å²) in [6, 6.07) is 47.7. The number of benzene rings is 7. The summed E-state index contributed by atoms with van der Waals surface area (Å²) >= 11 is 0. The lowest BCUT2D eigenvalue weighted by atomic mass is 9.87. The van der Waals surface area contributed by atoms with Crippen LogP contribution in [0.1, 0.15) is 23.5 Å². The Bertz CT molecular complexity index is 2900. The van der Waals surface area contributed by atoms with E-state index in [2.05, 4.69) is 144 Å². The van der Waals surface area contributed by atoms with Crippen molar-refractivity contribution in [2.45, 2.75) is 12.3 Å². The van der Waals surface area contributed by atoms with Gasteiger partial charge in [-0.1, -0.05) is 115 Å². The van der Waals surface area contributed by atoms with Crippen molar-refractivity contribution >= 4 is 59.7 Å². The fourth-order valence-electron chi connectivity index (χ4n) is 8.34. The summed E-state index contributed by atoms with van der Waals surface area (Å²) in [6.45, 7) is 0. The highest BCUT2D eigenvalue weighted by molar-refractivity contribution is 6.25. The maximum absolute atomic E-state index is 6.47. The van der Waals surface area contributed by atoms with Gasteiger partial charge in [-0.2, -0.15) is 0 Å². The highest BCUT2D eigenvalue weighted by Crippen LogP contribution is 2.48. The average molecular weight is 640 g/mol. The van der Waals surface area contributed by atoms with Gasteiger partial charge in [0.1, 0.15) is 11.5 Å². The standard InChI is InChI=1S/C46H29N3O/c1-2-12-34-32(10-1)33-11-3-4-13-35(33)40-24-28(20-22-36(34)40)30-26-47-46(48-27-30)49-42-18-7-5-14-37(42)41-25-29(21-23-43(41)49)31-16-9-17-39-38-15-6-8-19-44(38)50-45(31)39/h1-16,18-27,39H,17H2. The maximum Gasteiger partial charge on any atom is 0.234 e. The van der Waals surface area contributed by atoms with Crippen LogP contribution in [0.3, 0.4) is 0 Å². The van der Waals surface area contributed by atoms with Crippen LogP contribution in [0.4, 0.5) is 0 Å². The Hall–Kier alpha value is -6.52. The number of ether oxygens (including phenoxy) is 1. The van der Waals surface area contributed by atoms with E-state index in [4.69, 9.17) is 14.7 Å². The monoisotopic (exact) mass is 639 g/mol. The van der Waals surface area contributed by atoms with E-state index in [9.17, 15) is 0 Å². The molecule has 0 radical (unpaired) electrons. The Morgan fingerprint density at radius 3 is 1.90 bits per heavy atom. The first-order valence-electron chi connectivity index (χ1n) is 17.2. The predicted octanol–water partition coefficient (Wildman–Crippen LogP) is 11.5. The first-order chi connectivity index (χ1) is 24.8. The van der Waals surface area contributed by atoms with Gasteiger partial charge in [-0.3, -0.25) is 4.57 Å². The minimum Gasteiger partial charge on any atom is -0.460 e. The summed E-state index contributed by atoms with van der Waals surface area (Å²) in [4.78, 5) is 9.96. The molecule has 1 unspecified atom stereocenters. The minimum absolute atomic E-state index is 0.260. The van der Waals surface area contributed by atoms with Crippen LogP contribution in [0.5, 0.6) is 5.75 Å². The van der Waals surface area contributed by atoms with Gasteiger partial charge in [0.15, 0.2) is 0 Å². The summed E-state index contributed by atoms with van der Waals surface area (Å²) < 4.78 is 8.64. The largest absolute Gasteiger partial charge is 0.460 e. The molecule has 11 rings (SSSR count). The molecule has 0 N–H and O–H groups in total. The smallest absolute Gasteiger partial charge is 0.234 e. The number of rotatable bonds is 3. The molecule has 50 heavy (non-hydrogen) atoms. The van der Waals surface area contributed by atoms with Crippen molar-refractivity contribution in [2.24, 2.45) is 0 Å². The van der Waals surface area contributed by atoms with Crippen LogP contribution in [-0.4, -0.2) is 14.5 Å². The third kappa shape index (κ3) is 3.93. The van der Waals surface area contributed by atoms with Gasteiger partial charge in [0, 0.05) is 45.8 Å². The second-order valence-corrected chi connectivity index (χ2v) is 13.3. The van der Waals surface area contributed by atoms with Crippen LogP contribution in [0, 0.1) is 0 Å². The molecule has 234 valence electrons. The lowest BCUT2D eigenvalue weighted by Gasteiger charge is -2.18. The third-order valence-electron chi connectivity index (χ3n) is 10.7. The lowest BCUT2D eigenvalue weighted by Crippen LogP contribution is -2.05. The Labute approximate surface area is 288 Å². The van der Waals surface area contributed by atoms with Gasteiger partial charge >= 0.3 is 0 Å². The van der Waals surface area contributed by atoms with Crippen LogP contribution < -0.4 is 4.74 Å². The molecule has 4 heteroatoms. The SMILES string of the molecule is C1=CC(c2ccc3c(c2)c2ccccc2n3-c2ncc(-c3ccc4c5ccccc5c5ccccc5c4c3)cn2)=C2Oc3ccccc3C2C1. The maximum atomic E-state index is 6.47. The number of aromatic nitrogens is 3. The van der Waals surface area contributed by atoms with Gasteiger partial charge < -0.3 is 4.74 Å². The first-order valence-corrected chi connectivity index (χ1v) is 17.2. The molecule has 0 spiro atoms. The molecule has 2 aliphatic rings. The molecule has 2 aromatic heterocycles. The predicted molar refractivity (Wildman–Crippen MR) is 205 cm³/mol. The molecule has 9 aromatic rings. The molecule has 0 saturated heterocycles. The highest BCUT2D eigenvalue weighted by atomic mass is 16.5. The average Bonchev–Trinajstić information content (AvgIpc) is 3.74. The molecule has 0 fully saturated rings. The quantitative estimate of drug-likeness (QED) is 0.181. The van der Waals surface area contributed by atoms with Gasteiger partial charge in [0.2, 0.25) is 5.95 Å². The Kier molecular flexibility index (Phi) is 5.75. The van der Waals surface area contributed by atoms with Crippen LogP contribution in [-0.2, 0) is 0 Å². The summed E-state index contributed by atoms with van der Waals surface area (Å²) in [7, 11) is 0. The summed E-state index contributed by atoms with van der Waals surface area (Å²) in [5.74, 6) is 2.93. The van der Waals surface area contributed by atoms with Crippen molar-refractivity contribution in [2.75, 3.05) is 0 Å². The fraction of sp³-hybridized carbons (Fsp3) is 0.0435. The second-order valence-electron chi connectivity index (χ2n) is 13.3. The highest BCUT2D eigenvalue weighted by Gasteiger charge is 2.33. The fourth-order valence-corrected chi connectivity index (χ4v) is 8.34. The van der Waals surface area contributed by atoms with Gasteiger partial charge in [0.25, 0.3) is 0 Å². The summed E-state index contributed by atoms with van der Waals surface area (Å²) in [5.41, 5.74) is 7.81. The van der Waals surface area contributed by atoms with Crippen LogP contribution in [0.15, 0.2) is 164 Å². The molecule has 1 atom stereocenters. The van der Waals surface area contributed by atoms with Crippen LogP contribution >= 0.6 is 0 Å². The summed E-state index contributed by atoms with van der Waals surface area (Å²) in [6.07, 6.45) is 9.36. The normalized spacial score (nSPS) is 15.3. The van der Waals surface area contributed by atoms with Gasteiger partial charge in [-0.15, -0.1) is 0 Å². The number of fused-ring (bicyclic) bond motifs is 12. The molecule has 4 nitrogen and oxygen atoms in total. The van der Waals surface area contributed by atoms with E-state index in [1.54, 1.807) is 0 Å². The molecule has 1 aliphatic heterocycles. The Morgan fingerprint density at radius 1 is 0.520 bits per heavy atom. The zero-order chi connectivity index (χ0) is 32.8. The molecular formula is C46H29N3O. The minimum atomic E-state index is 0.260. The number of nitrogens with zero attached hydrogens (tertiary/aromatic N) is 3. The number of allylic oxidation sites excluding steroid dienone is 4. The van der Waals surface area contributed by atoms with E-state index in [1.165, 1.54) is 48.7 Å². The van der Waals surface area contributed by atoms with Crippen LogP contribution in [0.2, 0.25) is 0 Å². The van der Waals surface area contributed by atoms with Crippen molar-refractivity contribution in [3.8, 4) is 22.8 Å². The van der Waals surface area contributed by atoms with Crippen molar-refractivity contribution in [1.82, 2.24) is 14.5 Å². The van der Waals surface area contributed by atoms with E-state index >= 15 is 0 Å². The van der Waals surface area contributed by atoms with E-state index in [1.807, 2.05) is 18.5 Å². The zero-order valence-electron chi connectivity index (χ0n) is 27.0. The lowest BCUT2D eigenvalue weighted by molar-refractivity contribution is 0.429. The van der Waals surface area contributed by atoms with Gasteiger partial charge in [-0.05, 0) is 80.2 Å². The molecule has 0 saturated carbocycles. The van der Waals surface area contributed by atoms with Crippen molar-refractivity contribution in [1.29, 1.82) is 0 Å². The molecular weight excluding hydrogens is 611 g/mol. The van der Waals surface area contributed by atoms with Gasteiger partial charge in [0.05, 0.1) is 11.0 Å². The Balaban J connectivity index is 1.02. The van der Waals surface area contributed by atoms with E-state index in [0.29, 0.717) is 5.95 Å². The molecule has 0 bridgehead atoms. The zero-order valence-corrected chi connectivity index (χ0v) is 27.0. The number of hydrogen-bond donors (Lipinski definition) is 0. The topological polar surface area (TPSA) is 39.9 Å².